The van der Waals surface area contributed by atoms with Crippen LogP contribution in [-0.4, -0.2) is 22.9 Å². The van der Waals surface area contributed by atoms with E-state index in [0.717, 1.165) is 6.42 Å². The molecule has 2 aromatic rings. The zero-order valence-electron chi connectivity index (χ0n) is 10.8. The molecule has 8 heteroatoms. The predicted molar refractivity (Wildman–Crippen MR) is 73.6 cm³/mol. The number of fused-ring (bicyclic) bond motifs is 1. The van der Waals surface area contributed by atoms with Crippen LogP contribution in [0.1, 0.15) is 25.3 Å². The molecule has 0 saturated heterocycles. The number of aryl methyl sites for hydroxylation is 1. The normalized spacial score (nSPS) is 11.9. The van der Waals surface area contributed by atoms with Gasteiger partial charge in [-0.3, -0.25) is 14.3 Å². The van der Waals surface area contributed by atoms with Gasteiger partial charge in [0.1, 0.15) is 0 Å². The summed E-state index contributed by atoms with van der Waals surface area (Å²) in [6.07, 6.45) is 1.76. The van der Waals surface area contributed by atoms with Gasteiger partial charge >= 0.3 is 5.69 Å². The number of unbranched alkanes of at least 4 members (excludes halogenated alkanes) is 1. The van der Waals surface area contributed by atoms with Gasteiger partial charge in [-0.2, -0.15) is 8.42 Å². The fraction of sp³-hybridized carbons (Fsp3) is 0.333. The van der Waals surface area contributed by atoms with Crippen molar-refractivity contribution in [3.8, 4) is 0 Å². The molecular formula is C12H14N2O5S. The Bertz CT molecular complexity index is 864. The van der Waals surface area contributed by atoms with Crippen molar-refractivity contribution in [3.05, 3.63) is 38.5 Å². The Balaban J connectivity index is 2.90. The van der Waals surface area contributed by atoms with E-state index in [1.54, 1.807) is 0 Å². The predicted octanol–water partition coefficient (Wildman–Crippen LogP) is 0.806. The molecule has 2 rings (SSSR count). The molecule has 0 fully saturated rings. The van der Waals surface area contributed by atoms with E-state index in [1.165, 1.54) is 12.1 Å². The lowest BCUT2D eigenvalue weighted by Gasteiger charge is -2.09. The van der Waals surface area contributed by atoms with Crippen LogP contribution in [-0.2, 0) is 16.5 Å². The molecule has 0 aliphatic heterocycles. The Morgan fingerprint density at radius 3 is 2.50 bits per heavy atom. The average Bonchev–Trinajstić information content (AvgIpc) is 2.33. The first kappa shape index (κ1) is 14.5. The van der Waals surface area contributed by atoms with Gasteiger partial charge in [-0.05, 0) is 30.5 Å². The third-order valence-corrected chi connectivity index (χ3v) is 3.97. The van der Waals surface area contributed by atoms with Gasteiger partial charge in [0.25, 0.3) is 15.7 Å². The van der Waals surface area contributed by atoms with Gasteiger partial charge in [0.05, 0.1) is 15.8 Å². The largest absolute Gasteiger partial charge is 0.326 e. The monoisotopic (exact) mass is 298 g/mol. The quantitative estimate of drug-likeness (QED) is 0.721. The SMILES string of the molecule is CCCCc1c(S(=O)(=O)O)ccc2[nH]c(=O)[nH]c(=O)c12. The molecule has 0 amide bonds. The molecule has 0 spiro atoms. The lowest BCUT2D eigenvalue weighted by atomic mass is 10.0. The van der Waals surface area contributed by atoms with Crippen molar-refractivity contribution < 1.29 is 13.0 Å². The van der Waals surface area contributed by atoms with Crippen LogP contribution < -0.4 is 11.2 Å². The molecule has 0 unspecified atom stereocenters. The molecule has 1 aromatic carbocycles. The van der Waals surface area contributed by atoms with Gasteiger partial charge in [0.15, 0.2) is 0 Å². The molecule has 0 atom stereocenters. The molecule has 0 aliphatic carbocycles. The molecule has 0 aliphatic rings. The van der Waals surface area contributed by atoms with E-state index >= 15 is 0 Å². The van der Waals surface area contributed by atoms with Crippen LogP contribution in [0.2, 0.25) is 0 Å². The second-order valence-corrected chi connectivity index (χ2v) is 5.84. The summed E-state index contributed by atoms with van der Waals surface area (Å²) in [5.74, 6) is 0. The number of rotatable bonds is 4. The third-order valence-electron chi connectivity index (χ3n) is 3.03. The summed E-state index contributed by atoms with van der Waals surface area (Å²) in [6, 6.07) is 2.49. The number of H-pyrrole nitrogens is 2. The average molecular weight is 298 g/mol. The van der Waals surface area contributed by atoms with Crippen molar-refractivity contribution in [2.24, 2.45) is 0 Å². The number of hydrogen-bond acceptors (Lipinski definition) is 4. The van der Waals surface area contributed by atoms with Crippen LogP contribution in [0, 0.1) is 0 Å². The lowest BCUT2D eigenvalue weighted by molar-refractivity contribution is 0.482. The molecular weight excluding hydrogens is 284 g/mol. The van der Waals surface area contributed by atoms with Gasteiger partial charge in [0, 0.05) is 0 Å². The summed E-state index contributed by atoms with van der Waals surface area (Å²) < 4.78 is 32.1. The molecule has 0 radical (unpaired) electrons. The number of aromatic nitrogens is 2. The van der Waals surface area contributed by atoms with Gasteiger partial charge in [-0.1, -0.05) is 13.3 Å². The van der Waals surface area contributed by atoms with Crippen LogP contribution in [0.3, 0.4) is 0 Å². The minimum absolute atomic E-state index is 0.0909. The second-order valence-electron chi connectivity index (χ2n) is 4.45. The van der Waals surface area contributed by atoms with E-state index in [9.17, 15) is 22.6 Å². The summed E-state index contributed by atoms with van der Waals surface area (Å²) in [5, 5.41) is 0.0909. The van der Waals surface area contributed by atoms with Gasteiger partial charge in [-0.15, -0.1) is 0 Å². The lowest BCUT2D eigenvalue weighted by Crippen LogP contribution is -2.23. The van der Waals surface area contributed by atoms with Crippen LogP contribution in [0.5, 0.6) is 0 Å². The van der Waals surface area contributed by atoms with E-state index in [2.05, 4.69) is 9.97 Å². The molecule has 1 aromatic heterocycles. The number of benzene rings is 1. The highest BCUT2D eigenvalue weighted by Gasteiger charge is 2.19. The van der Waals surface area contributed by atoms with Gasteiger partial charge in [0.2, 0.25) is 0 Å². The smallest absolute Gasteiger partial charge is 0.307 e. The maximum atomic E-state index is 11.9. The molecule has 20 heavy (non-hydrogen) atoms. The first-order chi connectivity index (χ1) is 9.34. The fourth-order valence-electron chi connectivity index (χ4n) is 2.15. The van der Waals surface area contributed by atoms with E-state index in [0.29, 0.717) is 12.8 Å². The van der Waals surface area contributed by atoms with Gasteiger partial charge < -0.3 is 4.98 Å². The van der Waals surface area contributed by atoms with E-state index in [1.807, 2.05) is 6.92 Å². The van der Waals surface area contributed by atoms with Crippen molar-refractivity contribution in [1.82, 2.24) is 9.97 Å². The molecule has 3 N–H and O–H groups in total. The van der Waals surface area contributed by atoms with Crippen LogP contribution in [0.15, 0.2) is 26.6 Å². The summed E-state index contributed by atoms with van der Waals surface area (Å²) in [7, 11) is -4.43. The minimum Gasteiger partial charge on any atom is -0.307 e. The molecule has 7 nitrogen and oxygen atoms in total. The summed E-state index contributed by atoms with van der Waals surface area (Å²) >= 11 is 0. The van der Waals surface area contributed by atoms with Crippen LogP contribution in [0.4, 0.5) is 0 Å². The second kappa shape index (κ2) is 5.22. The van der Waals surface area contributed by atoms with E-state index in [4.69, 9.17) is 0 Å². The highest BCUT2D eigenvalue weighted by molar-refractivity contribution is 7.85. The van der Waals surface area contributed by atoms with Crippen molar-refractivity contribution in [3.63, 3.8) is 0 Å². The standard InChI is InChI=1S/C12H14N2O5S/c1-2-3-4-7-9(20(17,18)19)6-5-8-10(7)11(15)14-12(16)13-8/h5-6H,2-4H2,1H3,(H,17,18,19)(H2,13,14,15,16). The Morgan fingerprint density at radius 1 is 1.20 bits per heavy atom. The van der Waals surface area contributed by atoms with E-state index in [-0.39, 0.29) is 21.4 Å². The Hall–Kier alpha value is -1.93. The van der Waals surface area contributed by atoms with Crippen molar-refractivity contribution in [2.75, 3.05) is 0 Å². The van der Waals surface area contributed by atoms with Crippen LogP contribution in [0.25, 0.3) is 10.9 Å². The maximum absolute atomic E-state index is 11.9. The highest BCUT2D eigenvalue weighted by Crippen LogP contribution is 2.23. The topological polar surface area (TPSA) is 120 Å². The summed E-state index contributed by atoms with van der Waals surface area (Å²) in [6.45, 7) is 1.92. The Morgan fingerprint density at radius 2 is 1.90 bits per heavy atom. The summed E-state index contributed by atoms with van der Waals surface area (Å²) in [4.78, 5) is 27.4. The zero-order chi connectivity index (χ0) is 14.9. The van der Waals surface area contributed by atoms with Crippen LogP contribution >= 0.6 is 0 Å². The zero-order valence-corrected chi connectivity index (χ0v) is 11.6. The highest BCUT2D eigenvalue weighted by atomic mass is 32.2. The summed E-state index contributed by atoms with van der Waals surface area (Å²) in [5.41, 5.74) is -0.856. The third kappa shape index (κ3) is 2.66. The van der Waals surface area contributed by atoms with Crippen molar-refractivity contribution in [2.45, 2.75) is 31.1 Å². The number of aromatic amines is 2. The molecule has 1 heterocycles. The maximum Gasteiger partial charge on any atom is 0.326 e. The molecule has 108 valence electrons. The Labute approximate surface area is 114 Å². The number of nitrogens with one attached hydrogen (secondary N) is 2. The van der Waals surface area contributed by atoms with E-state index < -0.39 is 21.4 Å². The van der Waals surface area contributed by atoms with Crippen molar-refractivity contribution in [1.29, 1.82) is 0 Å². The fourth-order valence-corrected chi connectivity index (χ4v) is 2.91. The minimum atomic E-state index is -4.43. The Kier molecular flexibility index (Phi) is 3.78. The molecule has 0 saturated carbocycles. The van der Waals surface area contributed by atoms with Gasteiger partial charge in [-0.25, -0.2) is 4.79 Å². The molecule has 0 bridgehead atoms. The first-order valence-electron chi connectivity index (χ1n) is 6.10. The first-order valence-corrected chi connectivity index (χ1v) is 7.54. The van der Waals surface area contributed by atoms with Crippen molar-refractivity contribution >= 4 is 21.0 Å². The number of hydrogen-bond donors (Lipinski definition) is 3.